The number of carbonyl (C=O) groups excluding carboxylic acids is 1. The van der Waals surface area contributed by atoms with E-state index in [-0.39, 0.29) is 5.91 Å². The Morgan fingerprint density at radius 3 is 2.38 bits per heavy atom. The van der Waals surface area contributed by atoms with Crippen LogP contribution in [0.3, 0.4) is 0 Å². The van der Waals surface area contributed by atoms with Crippen molar-refractivity contribution in [3.8, 4) is 17.2 Å². The Morgan fingerprint density at radius 2 is 1.75 bits per heavy atom. The molecular formula is C18H22N2O4. The van der Waals surface area contributed by atoms with E-state index >= 15 is 0 Å². The third-order valence-electron chi connectivity index (χ3n) is 3.48. The summed E-state index contributed by atoms with van der Waals surface area (Å²) >= 11 is 0. The van der Waals surface area contributed by atoms with Gasteiger partial charge >= 0.3 is 0 Å². The lowest BCUT2D eigenvalue weighted by Gasteiger charge is -2.15. The number of nitrogen functional groups attached to an aromatic ring is 1. The summed E-state index contributed by atoms with van der Waals surface area (Å²) in [6.45, 7) is 2.06. The Morgan fingerprint density at radius 1 is 1.08 bits per heavy atom. The predicted molar refractivity (Wildman–Crippen MR) is 92.3 cm³/mol. The summed E-state index contributed by atoms with van der Waals surface area (Å²) in [5, 5.41) is 2.83. The maximum Gasteiger partial charge on any atom is 0.261 e. The van der Waals surface area contributed by atoms with E-state index < -0.39 is 6.10 Å². The Hall–Kier alpha value is -2.89. The number of methoxy groups -OCH3 is 2. The molecule has 24 heavy (non-hydrogen) atoms. The third-order valence-corrected chi connectivity index (χ3v) is 3.48. The fourth-order valence-corrected chi connectivity index (χ4v) is 2.13. The van der Waals surface area contributed by atoms with Crippen molar-refractivity contribution in [2.75, 3.05) is 20.0 Å². The predicted octanol–water partition coefficient (Wildman–Crippen LogP) is 2.37. The molecule has 2 rings (SSSR count). The van der Waals surface area contributed by atoms with Crippen LogP contribution in [-0.2, 0) is 11.3 Å². The third kappa shape index (κ3) is 4.55. The summed E-state index contributed by atoms with van der Waals surface area (Å²) in [5.74, 6) is 1.66. The smallest absolute Gasteiger partial charge is 0.261 e. The van der Waals surface area contributed by atoms with E-state index in [2.05, 4.69) is 5.32 Å². The van der Waals surface area contributed by atoms with Crippen LogP contribution < -0.4 is 25.3 Å². The van der Waals surface area contributed by atoms with E-state index in [4.69, 9.17) is 19.9 Å². The van der Waals surface area contributed by atoms with Gasteiger partial charge in [-0.05, 0) is 48.9 Å². The van der Waals surface area contributed by atoms with E-state index in [1.807, 2.05) is 12.1 Å². The first-order valence-corrected chi connectivity index (χ1v) is 7.54. The molecule has 1 amide bonds. The van der Waals surface area contributed by atoms with Crippen LogP contribution in [0.2, 0.25) is 0 Å². The van der Waals surface area contributed by atoms with Gasteiger partial charge in [0.15, 0.2) is 17.6 Å². The first-order chi connectivity index (χ1) is 11.5. The molecule has 0 spiro atoms. The zero-order valence-electron chi connectivity index (χ0n) is 14.0. The highest BCUT2D eigenvalue weighted by molar-refractivity contribution is 5.80. The molecule has 0 fully saturated rings. The Balaban J connectivity index is 1.91. The van der Waals surface area contributed by atoms with Crippen molar-refractivity contribution in [3.63, 3.8) is 0 Å². The van der Waals surface area contributed by atoms with Gasteiger partial charge in [-0.25, -0.2) is 0 Å². The molecule has 0 bridgehead atoms. The van der Waals surface area contributed by atoms with Gasteiger partial charge in [0, 0.05) is 12.2 Å². The van der Waals surface area contributed by atoms with Crippen LogP contribution in [0.15, 0.2) is 42.5 Å². The molecular weight excluding hydrogens is 308 g/mol. The Labute approximate surface area is 141 Å². The molecule has 1 unspecified atom stereocenters. The number of rotatable bonds is 7. The van der Waals surface area contributed by atoms with Crippen LogP contribution in [0.5, 0.6) is 17.2 Å². The number of nitrogens with one attached hydrogen (secondary N) is 1. The Kier molecular flexibility index (Phi) is 5.89. The lowest BCUT2D eigenvalue weighted by atomic mass is 10.2. The minimum Gasteiger partial charge on any atom is -0.493 e. The largest absolute Gasteiger partial charge is 0.493 e. The van der Waals surface area contributed by atoms with Gasteiger partial charge in [-0.3, -0.25) is 4.79 Å². The summed E-state index contributed by atoms with van der Waals surface area (Å²) in [6, 6.07) is 12.4. The van der Waals surface area contributed by atoms with Crippen LogP contribution in [0.4, 0.5) is 5.69 Å². The number of benzene rings is 2. The minimum atomic E-state index is -0.617. The lowest BCUT2D eigenvalue weighted by molar-refractivity contribution is -0.127. The molecule has 1 atom stereocenters. The number of carbonyl (C=O) groups is 1. The summed E-state index contributed by atoms with van der Waals surface area (Å²) < 4.78 is 16.0. The zero-order chi connectivity index (χ0) is 17.5. The van der Waals surface area contributed by atoms with Gasteiger partial charge < -0.3 is 25.3 Å². The first kappa shape index (κ1) is 17.5. The second-order valence-electron chi connectivity index (χ2n) is 5.24. The number of anilines is 1. The molecule has 0 radical (unpaired) electrons. The highest BCUT2D eigenvalue weighted by Gasteiger charge is 2.14. The average Bonchev–Trinajstić information content (AvgIpc) is 2.61. The van der Waals surface area contributed by atoms with Gasteiger partial charge in [-0.1, -0.05) is 6.07 Å². The minimum absolute atomic E-state index is 0.207. The summed E-state index contributed by atoms with van der Waals surface area (Å²) in [5.41, 5.74) is 7.17. The Bertz CT molecular complexity index is 686. The van der Waals surface area contributed by atoms with Crippen LogP contribution in [-0.4, -0.2) is 26.2 Å². The van der Waals surface area contributed by atoms with Gasteiger partial charge in [-0.2, -0.15) is 0 Å². The molecule has 0 aliphatic carbocycles. The molecule has 6 nitrogen and oxygen atoms in total. The number of amides is 1. The maximum absolute atomic E-state index is 12.1. The van der Waals surface area contributed by atoms with E-state index in [0.29, 0.717) is 29.5 Å². The quantitative estimate of drug-likeness (QED) is 0.762. The summed E-state index contributed by atoms with van der Waals surface area (Å²) in [6.07, 6.45) is -0.617. The van der Waals surface area contributed by atoms with Crippen LogP contribution >= 0.6 is 0 Å². The van der Waals surface area contributed by atoms with Crippen molar-refractivity contribution in [3.05, 3.63) is 48.0 Å². The fourth-order valence-electron chi connectivity index (χ4n) is 2.13. The molecule has 0 aromatic heterocycles. The highest BCUT2D eigenvalue weighted by atomic mass is 16.5. The molecule has 2 aromatic rings. The molecule has 2 aromatic carbocycles. The van der Waals surface area contributed by atoms with E-state index in [9.17, 15) is 4.79 Å². The molecule has 3 N–H and O–H groups in total. The van der Waals surface area contributed by atoms with Gasteiger partial charge in [0.2, 0.25) is 0 Å². The number of nitrogens with two attached hydrogens (primary N) is 1. The van der Waals surface area contributed by atoms with Crippen molar-refractivity contribution in [1.29, 1.82) is 0 Å². The zero-order valence-corrected chi connectivity index (χ0v) is 14.0. The topological polar surface area (TPSA) is 82.8 Å². The number of hydrogen-bond donors (Lipinski definition) is 2. The maximum atomic E-state index is 12.1. The van der Waals surface area contributed by atoms with Crippen LogP contribution in [0.25, 0.3) is 0 Å². The van der Waals surface area contributed by atoms with Crippen molar-refractivity contribution in [2.24, 2.45) is 0 Å². The molecule has 0 aliphatic heterocycles. The molecule has 0 aliphatic rings. The van der Waals surface area contributed by atoms with Crippen LogP contribution in [0.1, 0.15) is 12.5 Å². The number of ether oxygens (including phenoxy) is 3. The molecule has 128 valence electrons. The van der Waals surface area contributed by atoms with Gasteiger partial charge in [-0.15, -0.1) is 0 Å². The molecule has 0 heterocycles. The average molecular weight is 330 g/mol. The monoisotopic (exact) mass is 330 g/mol. The van der Waals surface area contributed by atoms with E-state index in [0.717, 1.165) is 5.56 Å². The lowest BCUT2D eigenvalue weighted by Crippen LogP contribution is -2.35. The molecule has 6 heteroatoms. The van der Waals surface area contributed by atoms with E-state index in [1.165, 1.54) is 0 Å². The van der Waals surface area contributed by atoms with Crippen molar-refractivity contribution >= 4 is 11.6 Å². The summed E-state index contributed by atoms with van der Waals surface area (Å²) in [7, 11) is 3.15. The first-order valence-electron chi connectivity index (χ1n) is 7.54. The van der Waals surface area contributed by atoms with Gasteiger partial charge in [0.1, 0.15) is 5.75 Å². The standard InChI is InChI=1S/C18H22N2O4/c1-12(24-15-7-5-14(19)6-8-15)18(21)20-11-13-4-9-16(22-2)17(10-13)23-3/h4-10,12H,11,19H2,1-3H3,(H,20,21). The highest BCUT2D eigenvalue weighted by Crippen LogP contribution is 2.27. The molecule has 0 saturated carbocycles. The van der Waals surface area contributed by atoms with Crippen LogP contribution in [0, 0.1) is 0 Å². The van der Waals surface area contributed by atoms with Crippen molar-refractivity contribution in [1.82, 2.24) is 5.32 Å². The fraction of sp³-hybridized carbons (Fsp3) is 0.278. The van der Waals surface area contributed by atoms with Gasteiger partial charge in [0.25, 0.3) is 5.91 Å². The van der Waals surface area contributed by atoms with Crippen molar-refractivity contribution < 1.29 is 19.0 Å². The van der Waals surface area contributed by atoms with E-state index in [1.54, 1.807) is 51.5 Å². The van der Waals surface area contributed by atoms with Gasteiger partial charge in [0.05, 0.1) is 14.2 Å². The normalized spacial score (nSPS) is 11.5. The summed E-state index contributed by atoms with van der Waals surface area (Å²) in [4.78, 5) is 12.1. The second-order valence-corrected chi connectivity index (χ2v) is 5.24. The molecule has 0 saturated heterocycles. The SMILES string of the molecule is COc1ccc(CNC(=O)C(C)Oc2ccc(N)cc2)cc1OC. The second kappa shape index (κ2) is 8.10. The van der Waals surface area contributed by atoms with Crippen molar-refractivity contribution in [2.45, 2.75) is 19.6 Å². The number of hydrogen-bond acceptors (Lipinski definition) is 5.